The summed E-state index contributed by atoms with van der Waals surface area (Å²) >= 11 is 0. The van der Waals surface area contributed by atoms with Gasteiger partial charge in [0.25, 0.3) is 0 Å². The molecule has 1 aromatic carbocycles. The summed E-state index contributed by atoms with van der Waals surface area (Å²) in [6.45, 7) is 0.943. The minimum Gasteiger partial charge on any atom is -0.393 e. The maximum absolute atomic E-state index is 9.52. The van der Waals surface area contributed by atoms with Crippen molar-refractivity contribution in [3.05, 3.63) is 35.9 Å². The topological polar surface area (TPSA) is 32.3 Å². The van der Waals surface area contributed by atoms with Crippen molar-refractivity contribution in [2.24, 2.45) is 0 Å². The minimum absolute atomic E-state index is 0.107. The van der Waals surface area contributed by atoms with Gasteiger partial charge < -0.3 is 10.4 Å². The van der Waals surface area contributed by atoms with Gasteiger partial charge in [-0.3, -0.25) is 0 Å². The fourth-order valence-corrected chi connectivity index (χ4v) is 2.04. The Kier molecular flexibility index (Phi) is 3.17. The molecule has 0 aromatic heterocycles. The van der Waals surface area contributed by atoms with Crippen LogP contribution in [0.3, 0.4) is 0 Å². The largest absolute Gasteiger partial charge is 0.393 e. The monoisotopic (exact) mass is 191 g/mol. The normalized spacial score (nSPS) is 27.5. The van der Waals surface area contributed by atoms with E-state index < -0.39 is 0 Å². The number of rotatable bonds is 2. The van der Waals surface area contributed by atoms with Gasteiger partial charge in [0.05, 0.1) is 6.10 Å². The number of aliphatic hydroxyl groups excluding tert-OH is 1. The van der Waals surface area contributed by atoms with Crippen LogP contribution in [0, 0.1) is 0 Å². The van der Waals surface area contributed by atoms with Crippen LogP contribution in [-0.4, -0.2) is 23.8 Å². The van der Waals surface area contributed by atoms with Crippen molar-refractivity contribution in [3.63, 3.8) is 0 Å². The molecule has 2 nitrogen and oxygen atoms in total. The second kappa shape index (κ2) is 4.58. The number of nitrogens with one attached hydrogen (secondary N) is 1. The lowest BCUT2D eigenvalue weighted by molar-refractivity contribution is 0.116. The van der Waals surface area contributed by atoms with E-state index in [1.54, 1.807) is 0 Å². The average molecular weight is 191 g/mol. The van der Waals surface area contributed by atoms with Crippen LogP contribution >= 0.6 is 0 Å². The lowest BCUT2D eigenvalue weighted by Gasteiger charge is -2.27. The number of hydrogen-bond donors (Lipinski definition) is 2. The molecule has 1 heterocycles. The van der Waals surface area contributed by atoms with E-state index in [9.17, 15) is 5.11 Å². The lowest BCUT2D eigenvalue weighted by atomic mass is 9.96. The van der Waals surface area contributed by atoms with Gasteiger partial charge in [-0.1, -0.05) is 30.3 Å². The fourth-order valence-electron chi connectivity index (χ4n) is 2.04. The second-order valence-electron chi connectivity index (χ2n) is 4.02. The Morgan fingerprint density at radius 2 is 2.07 bits per heavy atom. The third-order valence-corrected chi connectivity index (χ3v) is 2.79. The van der Waals surface area contributed by atoms with E-state index in [-0.39, 0.29) is 6.10 Å². The zero-order valence-corrected chi connectivity index (χ0v) is 8.32. The summed E-state index contributed by atoms with van der Waals surface area (Å²) in [6.07, 6.45) is 2.70. The number of piperidine rings is 1. The third-order valence-electron chi connectivity index (χ3n) is 2.79. The Bertz CT molecular complexity index is 273. The molecule has 1 aromatic rings. The zero-order valence-electron chi connectivity index (χ0n) is 8.32. The van der Waals surface area contributed by atoms with Gasteiger partial charge in [-0.05, 0) is 31.4 Å². The highest BCUT2D eigenvalue weighted by molar-refractivity contribution is 5.16. The highest BCUT2D eigenvalue weighted by Gasteiger charge is 2.19. The zero-order chi connectivity index (χ0) is 9.80. The Balaban J connectivity index is 1.91. The summed E-state index contributed by atoms with van der Waals surface area (Å²) in [4.78, 5) is 0. The maximum Gasteiger partial charge on any atom is 0.0567 e. The molecule has 0 spiro atoms. The summed E-state index contributed by atoms with van der Waals surface area (Å²) in [5.41, 5.74) is 1.35. The molecule has 2 heteroatoms. The number of hydrogen-bond acceptors (Lipinski definition) is 2. The van der Waals surface area contributed by atoms with Crippen LogP contribution in [0.25, 0.3) is 0 Å². The molecule has 2 unspecified atom stereocenters. The average Bonchev–Trinajstić information content (AvgIpc) is 2.19. The van der Waals surface area contributed by atoms with Gasteiger partial charge in [0.1, 0.15) is 0 Å². The number of aliphatic hydroxyl groups is 1. The maximum atomic E-state index is 9.52. The summed E-state index contributed by atoms with van der Waals surface area (Å²) in [6, 6.07) is 10.9. The molecule has 1 aliphatic heterocycles. The van der Waals surface area contributed by atoms with Crippen LogP contribution in [0.2, 0.25) is 0 Å². The molecule has 1 aliphatic rings. The van der Waals surface area contributed by atoms with Gasteiger partial charge in [0, 0.05) is 6.04 Å². The molecule has 1 fully saturated rings. The first-order valence-corrected chi connectivity index (χ1v) is 5.30. The van der Waals surface area contributed by atoms with E-state index in [1.165, 1.54) is 5.56 Å². The molecule has 76 valence electrons. The van der Waals surface area contributed by atoms with Crippen LogP contribution in [0.15, 0.2) is 30.3 Å². The van der Waals surface area contributed by atoms with E-state index in [1.807, 2.05) is 6.07 Å². The van der Waals surface area contributed by atoms with Crippen molar-refractivity contribution in [3.8, 4) is 0 Å². The van der Waals surface area contributed by atoms with Crippen molar-refractivity contribution in [2.45, 2.75) is 31.4 Å². The van der Waals surface area contributed by atoms with Crippen LogP contribution in [-0.2, 0) is 6.42 Å². The van der Waals surface area contributed by atoms with Gasteiger partial charge in [-0.25, -0.2) is 0 Å². The molecule has 0 amide bonds. The predicted molar refractivity (Wildman–Crippen MR) is 57.2 cm³/mol. The van der Waals surface area contributed by atoms with Crippen molar-refractivity contribution < 1.29 is 5.11 Å². The van der Waals surface area contributed by atoms with Crippen LogP contribution in [0.4, 0.5) is 0 Å². The van der Waals surface area contributed by atoms with Crippen molar-refractivity contribution in [1.29, 1.82) is 0 Å². The van der Waals surface area contributed by atoms with Gasteiger partial charge >= 0.3 is 0 Å². The SMILES string of the molecule is OC1CCNC(Cc2ccccc2)C1. The summed E-state index contributed by atoms with van der Waals surface area (Å²) < 4.78 is 0. The van der Waals surface area contributed by atoms with Crippen LogP contribution < -0.4 is 5.32 Å². The first-order valence-electron chi connectivity index (χ1n) is 5.30. The molecule has 2 N–H and O–H groups in total. The first-order chi connectivity index (χ1) is 6.84. The molecule has 1 saturated heterocycles. The Morgan fingerprint density at radius 3 is 2.79 bits per heavy atom. The fraction of sp³-hybridized carbons (Fsp3) is 0.500. The van der Waals surface area contributed by atoms with Crippen LogP contribution in [0.1, 0.15) is 18.4 Å². The highest BCUT2D eigenvalue weighted by Crippen LogP contribution is 2.13. The molecular formula is C12H17NO. The first kappa shape index (κ1) is 9.69. The van der Waals surface area contributed by atoms with E-state index in [2.05, 4.69) is 29.6 Å². The van der Waals surface area contributed by atoms with Crippen molar-refractivity contribution in [2.75, 3.05) is 6.54 Å². The van der Waals surface area contributed by atoms with E-state index >= 15 is 0 Å². The van der Waals surface area contributed by atoms with E-state index in [4.69, 9.17) is 0 Å². The molecule has 14 heavy (non-hydrogen) atoms. The molecule has 0 radical (unpaired) electrons. The van der Waals surface area contributed by atoms with Gasteiger partial charge in [-0.15, -0.1) is 0 Å². The van der Waals surface area contributed by atoms with Gasteiger partial charge in [0.2, 0.25) is 0 Å². The van der Waals surface area contributed by atoms with Gasteiger partial charge in [0.15, 0.2) is 0 Å². The second-order valence-corrected chi connectivity index (χ2v) is 4.02. The summed E-state index contributed by atoms with van der Waals surface area (Å²) in [5, 5.41) is 13.0. The summed E-state index contributed by atoms with van der Waals surface area (Å²) in [7, 11) is 0. The molecule has 0 saturated carbocycles. The molecule has 2 atom stereocenters. The van der Waals surface area contributed by atoms with Crippen molar-refractivity contribution in [1.82, 2.24) is 5.32 Å². The quantitative estimate of drug-likeness (QED) is 0.739. The molecule has 0 bridgehead atoms. The molecule has 0 aliphatic carbocycles. The smallest absolute Gasteiger partial charge is 0.0567 e. The predicted octanol–water partition coefficient (Wildman–Crippen LogP) is 1.34. The number of benzene rings is 1. The van der Waals surface area contributed by atoms with Gasteiger partial charge in [-0.2, -0.15) is 0 Å². The summed E-state index contributed by atoms with van der Waals surface area (Å²) in [5.74, 6) is 0. The van der Waals surface area contributed by atoms with E-state index in [0.717, 1.165) is 25.8 Å². The Morgan fingerprint density at radius 1 is 1.29 bits per heavy atom. The lowest BCUT2D eigenvalue weighted by Crippen LogP contribution is -2.41. The minimum atomic E-state index is -0.107. The standard InChI is InChI=1S/C12H17NO/c14-12-6-7-13-11(9-12)8-10-4-2-1-3-5-10/h1-5,11-14H,6-9H2. The Hall–Kier alpha value is -0.860. The van der Waals surface area contributed by atoms with Crippen LogP contribution in [0.5, 0.6) is 0 Å². The molecule has 2 rings (SSSR count). The highest BCUT2D eigenvalue weighted by atomic mass is 16.3. The van der Waals surface area contributed by atoms with Crippen molar-refractivity contribution >= 4 is 0 Å². The Labute approximate surface area is 85.0 Å². The van der Waals surface area contributed by atoms with E-state index in [0.29, 0.717) is 6.04 Å². The molecular weight excluding hydrogens is 174 g/mol. The third kappa shape index (κ3) is 2.56.